The molecule has 0 N–H and O–H groups in total. The maximum absolute atomic E-state index is 12.5. The molecule has 5 heteroatoms. The highest BCUT2D eigenvalue weighted by Gasteiger charge is 2.24. The Hall–Kier alpha value is 0.110. The van der Waals surface area contributed by atoms with Crippen molar-refractivity contribution in [3.05, 3.63) is 0 Å². The Labute approximate surface area is 118 Å². The summed E-state index contributed by atoms with van der Waals surface area (Å²) in [7, 11) is -1.20. The second kappa shape index (κ2) is 11.9. The smallest absolute Gasteiger partial charge is 0.330 e. The topological polar surface area (TPSA) is 44.8 Å². The van der Waals surface area contributed by atoms with Gasteiger partial charge in [-0.15, -0.1) is 0 Å². The van der Waals surface area contributed by atoms with Gasteiger partial charge in [0, 0.05) is 13.7 Å². The maximum atomic E-state index is 12.5. The van der Waals surface area contributed by atoms with Gasteiger partial charge in [-0.1, -0.05) is 33.6 Å². The quantitative estimate of drug-likeness (QED) is 0.371. The number of hydrogen-bond acceptors (Lipinski definition) is 4. The molecule has 0 radical (unpaired) electrons. The summed E-state index contributed by atoms with van der Waals surface area (Å²) in [5, 5.41) is 0. The molecular formula is C14H31O4P. The molecule has 0 aromatic heterocycles. The zero-order valence-corrected chi connectivity index (χ0v) is 13.9. The molecule has 0 saturated carbocycles. The van der Waals surface area contributed by atoms with E-state index in [9.17, 15) is 4.57 Å². The Morgan fingerprint density at radius 1 is 1.05 bits per heavy atom. The van der Waals surface area contributed by atoms with Crippen LogP contribution in [-0.4, -0.2) is 33.1 Å². The molecular weight excluding hydrogens is 263 g/mol. The van der Waals surface area contributed by atoms with E-state index in [2.05, 4.69) is 20.8 Å². The number of hydrogen-bond donors (Lipinski definition) is 0. The normalized spacial score (nSPS) is 16.2. The molecule has 0 amide bonds. The van der Waals surface area contributed by atoms with Gasteiger partial charge in [-0.3, -0.25) is 4.57 Å². The van der Waals surface area contributed by atoms with Gasteiger partial charge in [0.25, 0.3) is 0 Å². The summed E-state index contributed by atoms with van der Waals surface area (Å²) in [5.74, 6) is 0.338. The van der Waals surface area contributed by atoms with Crippen molar-refractivity contribution in [2.24, 2.45) is 5.92 Å². The first-order chi connectivity index (χ1) is 9.08. The summed E-state index contributed by atoms with van der Waals surface area (Å²) >= 11 is 0. The number of methoxy groups -OCH3 is 1. The second-order valence-corrected chi connectivity index (χ2v) is 7.24. The molecule has 116 valence electrons. The Kier molecular flexibility index (Phi) is 12.0. The minimum atomic E-state index is -2.89. The van der Waals surface area contributed by atoms with Crippen molar-refractivity contribution in [3.63, 3.8) is 0 Å². The predicted octanol–water partition coefficient (Wildman–Crippen LogP) is 4.49. The fourth-order valence-corrected chi connectivity index (χ4v) is 3.43. The van der Waals surface area contributed by atoms with Gasteiger partial charge in [0.05, 0.1) is 19.4 Å². The first-order valence-electron chi connectivity index (χ1n) is 7.45. The molecule has 2 atom stereocenters. The molecule has 0 rings (SSSR count). The van der Waals surface area contributed by atoms with Crippen LogP contribution in [0.25, 0.3) is 0 Å². The van der Waals surface area contributed by atoms with Crippen molar-refractivity contribution < 1.29 is 18.3 Å². The van der Waals surface area contributed by atoms with Gasteiger partial charge in [0.1, 0.15) is 0 Å². The van der Waals surface area contributed by atoms with Crippen LogP contribution in [0, 0.1) is 5.92 Å². The lowest BCUT2D eigenvalue weighted by Crippen LogP contribution is -2.10. The highest BCUT2D eigenvalue weighted by Crippen LogP contribution is 2.49. The summed E-state index contributed by atoms with van der Waals surface area (Å²) in [4.78, 5) is 0. The summed E-state index contributed by atoms with van der Waals surface area (Å²) in [5.41, 5.74) is 0. The molecule has 0 bridgehead atoms. The van der Waals surface area contributed by atoms with E-state index in [-0.39, 0.29) is 0 Å². The van der Waals surface area contributed by atoms with Gasteiger partial charge in [0.2, 0.25) is 0 Å². The van der Waals surface area contributed by atoms with Gasteiger partial charge in [0.15, 0.2) is 0 Å². The molecule has 4 nitrogen and oxygen atoms in total. The predicted molar refractivity (Wildman–Crippen MR) is 79.9 cm³/mol. The molecule has 0 aliphatic heterocycles. The Bertz CT molecular complexity index is 246. The van der Waals surface area contributed by atoms with Gasteiger partial charge in [-0.05, 0) is 25.2 Å². The number of unbranched alkanes of at least 4 members (excludes halogenated alkanes) is 2. The average molecular weight is 294 g/mol. The molecule has 0 saturated heterocycles. The minimum absolute atomic E-state index is 0.338. The standard InChI is InChI=1S/C14H31O4P/c1-5-7-10-17-19(15,12-8-6-2)18-13-14(3)9-11-16-4/h14H,5-13H2,1-4H3. The second-order valence-electron chi connectivity index (χ2n) is 5.06. The first kappa shape index (κ1) is 19.1. The van der Waals surface area contributed by atoms with Crippen molar-refractivity contribution in [1.29, 1.82) is 0 Å². The van der Waals surface area contributed by atoms with Gasteiger partial charge in [-0.2, -0.15) is 0 Å². The molecule has 0 aliphatic rings. The molecule has 0 heterocycles. The van der Waals surface area contributed by atoms with Crippen LogP contribution in [0.2, 0.25) is 0 Å². The van der Waals surface area contributed by atoms with E-state index in [0.717, 1.165) is 32.1 Å². The van der Waals surface area contributed by atoms with Crippen LogP contribution < -0.4 is 0 Å². The Morgan fingerprint density at radius 2 is 1.74 bits per heavy atom. The highest BCUT2D eigenvalue weighted by atomic mass is 31.2. The summed E-state index contributed by atoms with van der Waals surface area (Å²) in [6.45, 7) is 7.97. The van der Waals surface area contributed by atoms with Crippen molar-refractivity contribution >= 4 is 7.60 Å². The summed E-state index contributed by atoms with van der Waals surface area (Å²) in [6, 6.07) is 0. The SMILES string of the molecule is CCCCOP(=O)(CCCC)OCC(C)CCOC. The van der Waals surface area contributed by atoms with E-state index in [4.69, 9.17) is 13.8 Å². The van der Waals surface area contributed by atoms with Crippen molar-refractivity contribution in [1.82, 2.24) is 0 Å². The van der Waals surface area contributed by atoms with Gasteiger partial charge >= 0.3 is 7.60 Å². The number of rotatable bonds is 13. The fraction of sp³-hybridized carbons (Fsp3) is 1.00. The first-order valence-corrected chi connectivity index (χ1v) is 9.17. The van der Waals surface area contributed by atoms with Crippen LogP contribution in [0.1, 0.15) is 52.9 Å². The third-order valence-corrected chi connectivity index (χ3v) is 4.92. The van der Waals surface area contributed by atoms with Gasteiger partial charge in [-0.25, -0.2) is 0 Å². The molecule has 0 aromatic carbocycles. The monoisotopic (exact) mass is 294 g/mol. The molecule has 0 aliphatic carbocycles. The number of ether oxygens (including phenoxy) is 1. The highest BCUT2D eigenvalue weighted by molar-refractivity contribution is 7.53. The third kappa shape index (κ3) is 10.5. The van der Waals surface area contributed by atoms with Crippen molar-refractivity contribution in [3.8, 4) is 0 Å². The van der Waals surface area contributed by atoms with Crippen molar-refractivity contribution in [2.75, 3.05) is 33.1 Å². The third-order valence-electron chi connectivity index (χ3n) is 2.94. The van der Waals surface area contributed by atoms with Crippen LogP contribution in [0.3, 0.4) is 0 Å². The Balaban J connectivity index is 4.13. The maximum Gasteiger partial charge on any atom is 0.330 e. The van der Waals surface area contributed by atoms with Crippen LogP contribution in [0.15, 0.2) is 0 Å². The van der Waals surface area contributed by atoms with E-state index in [1.54, 1.807) is 7.11 Å². The zero-order valence-electron chi connectivity index (χ0n) is 13.0. The fourth-order valence-electron chi connectivity index (χ4n) is 1.51. The van der Waals surface area contributed by atoms with E-state index in [0.29, 0.717) is 31.9 Å². The van der Waals surface area contributed by atoms with Crippen LogP contribution in [-0.2, 0) is 18.3 Å². The summed E-state index contributed by atoms with van der Waals surface area (Å²) in [6.07, 6.45) is 5.31. The Morgan fingerprint density at radius 3 is 2.32 bits per heavy atom. The minimum Gasteiger partial charge on any atom is -0.385 e. The van der Waals surface area contributed by atoms with E-state index in [1.807, 2.05) is 0 Å². The molecule has 2 unspecified atom stereocenters. The van der Waals surface area contributed by atoms with E-state index in [1.165, 1.54) is 0 Å². The zero-order chi connectivity index (χ0) is 14.6. The van der Waals surface area contributed by atoms with Crippen LogP contribution in [0.4, 0.5) is 0 Å². The lowest BCUT2D eigenvalue weighted by molar-refractivity contribution is 0.144. The lowest BCUT2D eigenvalue weighted by Gasteiger charge is -2.20. The molecule has 0 spiro atoms. The van der Waals surface area contributed by atoms with E-state index < -0.39 is 7.60 Å². The van der Waals surface area contributed by atoms with Crippen molar-refractivity contribution in [2.45, 2.75) is 52.9 Å². The van der Waals surface area contributed by atoms with Gasteiger partial charge < -0.3 is 13.8 Å². The van der Waals surface area contributed by atoms with E-state index >= 15 is 0 Å². The van der Waals surface area contributed by atoms with Crippen LogP contribution >= 0.6 is 7.60 Å². The molecule has 0 aromatic rings. The largest absolute Gasteiger partial charge is 0.385 e. The van der Waals surface area contributed by atoms with Crippen LogP contribution in [0.5, 0.6) is 0 Å². The molecule has 0 fully saturated rings. The lowest BCUT2D eigenvalue weighted by atomic mass is 10.1. The summed E-state index contributed by atoms with van der Waals surface area (Å²) < 4.78 is 28.7. The average Bonchev–Trinajstić information content (AvgIpc) is 2.41. The molecule has 19 heavy (non-hydrogen) atoms.